The van der Waals surface area contributed by atoms with Crippen molar-refractivity contribution in [2.24, 2.45) is 5.92 Å². The molecule has 1 aliphatic rings. The summed E-state index contributed by atoms with van der Waals surface area (Å²) in [5, 5.41) is 3.41. The standard InChI is InChI=1S/C15H23FN2/c1-3-17-10-13-7-8-18(11-13)12(2)14-5-4-6-15(16)9-14/h4-6,9,12-13,17H,3,7-8,10-11H2,1-2H3. The number of benzene rings is 1. The first-order valence-corrected chi connectivity index (χ1v) is 6.91. The third-order valence-electron chi connectivity index (χ3n) is 3.88. The molecule has 1 saturated heterocycles. The number of halogens is 1. The predicted molar refractivity (Wildman–Crippen MR) is 73.0 cm³/mol. The molecule has 0 aliphatic carbocycles. The van der Waals surface area contributed by atoms with E-state index in [1.54, 1.807) is 12.1 Å². The summed E-state index contributed by atoms with van der Waals surface area (Å²) in [5.74, 6) is 0.601. The molecule has 0 amide bonds. The molecule has 2 rings (SSSR count). The van der Waals surface area contributed by atoms with Gasteiger partial charge in [0.05, 0.1) is 0 Å². The van der Waals surface area contributed by atoms with Crippen LogP contribution < -0.4 is 5.32 Å². The van der Waals surface area contributed by atoms with Crippen LogP contribution in [-0.2, 0) is 0 Å². The van der Waals surface area contributed by atoms with Gasteiger partial charge in [0, 0.05) is 12.6 Å². The van der Waals surface area contributed by atoms with Crippen LogP contribution in [-0.4, -0.2) is 31.1 Å². The van der Waals surface area contributed by atoms with E-state index >= 15 is 0 Å². The fourth-order valence-corrected chi connectivity index (χ4v) is 2.71. The average Bonchev–Trinajstić information content (AvgIpc) is 2.84. The Kier molecular flexibility index (Phi) is 4.72. The average molecular weight is 250 g/mol. The van der Waals surface area contributed by atoms with E-state index in [4.69, 9.17) is 0 Å². The third-order valence-corrected chi connectivity index (χ3v) is 3.88. The van der Waals surface area contributed by atoms with Crippen LogP contribution in [0.15, 0.2) is 24.3 Å². The van der Waals surface area contributed by atoms with E-state index in [9.17, 15) is 4.39 Å². The summed E-state index contributed by atoms with van der Waals surface area (Å²) in [4.78, 5) is 2.46. The Labute approximate surface area is 109 Å². The van der Waals surface area contributed by atoms with Crippen molar-refractivity contribution in [3.63, 3.8) is 0 Å². The van der Waals surface area contributed by atoms with Crippen molar-refractivity contribution in [2.45, 2.75) is 26.3 Å². The Hall–Kier alpha value is -0.930. The van der Waals surface area contributed by atoms with Gasteiger partial charge in [-0.15, -0.1) is 0 Å². The van der Waals surface area contributed by atoms with Gasteiger partial charge in [-0.2, -0.15) is 0 Å². The molecule has 2 atom stereocenters. The molecule has 1 fully saturated rings. The molecule has 1 aliphatic heterocycles. The molecule has 2 nitrogen and oxygen atoms in total. The summed E-state index contributed by atoms with van der Waals surface area (Å²) in [7, 11) is 0. The van der Waals surface area contributed by atoms with Crippen molar-refractivity contribution >= 4 is 0 Å². The van der Waals surface area contributed by atoms with E-state index in [0.29, 0.717) is 6.04 Å². The second-order valence-electron chi connectivity index (χ2n) is 5.19. The second kappa shape index (κ2) is 6.30. The minimum Gasteiger partial charge on any atom is -0.317 e. The number of rotatable bonds is 5. The molecular weight excluding hydrogens is 227 g/mol. The largest absolute Gasteiger partial charge is 0.317 e. The van der Waals surface area contributed by atoms with Gasteiger partial charge in [0.2, 0.25) is 0 Å². The molecule has 1 aromatic rings. The van der Waals surface area contributed by atoms with E-state index < -0.39 is 0 Å². The zero-order valence-corrected chi connectivity index (χ0v) is 11.3. The van der Waals surface area contributed by atoms with Crippen LogP contribution in [0.4, 0.5) is 4.39 Å². The maximum absolute atomic E-state index is 13.2. The third kappa shape index (κ3) is 3.30. The van der Waals surface area contributed by atoms with Gasteiger partial charge in [-0.3, -0.25) is 4.90 Å². The van der Waals surface area contributed by atoms with Crippen molar-refractivity contribution in [3.8, 4) is 0 Å². The van der Waals surface area contributed by atoms with Gasteiger partial charge in [-0.05, 0) is 56.6 Å². The lowest BCUT2D eigenvalue weighted by molar-refractivity contribution is 0.251. The fraction of sp³-hybridized carbons (Fsp3) is 0.600. The van der Waals surface area contributed by atoms with Crippen LogP contribution in [0.5, 0.6) is 0 Å². The van der Waals surface area contributed by atoms with E-state index in [1.807, 2.05) is 6.07 Å². The molecule has 2 unspecified atom stereocenters. The molecule has 3 heteroatoms. The zero-order chi connectivity index (χ0) is 13.0. The van der Waals surface area contributed by atoms with Crippen LogP contribution in [0.2, 0.25) is 0 Å². The Bertz CT molecular complexity index is 381. The Morgan fingerprint density at radius 3 is 3.06 bits per heavy atom. The van der Waals surface area contributed by atoms with E-state index in [1.165, 1.54) is 12.5 Å². The van der Waals surface area contributed by atoms with Crippen LogP contribution in [0.1, 0.15) is 31.9 Å². The first-order valence-electron chi connectivity index (χ1n) is 6.91. The minimum absolute atomic E-state index is 0.136. The molecule has 0 spiro atoms. The van der Waals surface area contributed by atoms with E-state index in [0.717, 1.165) is 37.7 Å². The number of hydrogen-bond donors (Lipinski definition) is 1. The highest BCUT2D eigenvalue weighted by Crippen LogP contribution is 2.27. The van der Waals surface area contributed by atoms with Gasteiger partial charge >= 0.3 is 0 Å². The van der Waals surface area contributed by atoms with Crippen molar-refractivity contribution in [2.75, 3.05) is 26.2 Å². The van der Waals surface area contributed by atoms with Crippen LogP contribution in [0.3, 0.4) is 0 Å². The number of likely N-dealkylation sites (tertiary alicyclic amines) is 1. The van der Waals surface area contributed by atoms with Crippen molar-refractivity contribution in [1.29, 1.82) is 0 Å². The number of nitrogens with one attached hydrogen (secondary N) is 1. The van der Waals surface area contributed by atoms with E-state index in [2.05, 4.69) is 24.1 Å². The maximum Gasteiger partial charge on any atom is 0.123 e. The lowest BCUT2D eigenvalue weighted by Gasteiger charge is -2.24. The first-order chi connectivity index (χ1) is 8.70. The molecule has 0 radical (unpaired) electrons. The molecule has 1 aromatic carbocycles. The summed E-state index contributed by atoms with van der Waals surface area (Å²) in [6.07, 6.45) is 1.24. The summed E-state index contributed by atoms with van der Waals surface area (Å²) in [6, 6.07) is 7.29. The highest BCUT2D eigenvalue weighted by atomic mass is 19.1. The Balaban J connectivity index is 1.92. The molecule has 0 aromatic heterocycles. The monoisotopic (exact) mass is 250 g/mol. The SMILES string of the molecule is CCNCC1CCN(C(C)c2cccc(F)c2)C1. The highest BCUT2D eigenvalue weighted by Gasteiger charge is 2.26. The highest BCUT2D eigenvalue weighted by molar-refractivity contribution is 5.20. The van der Waals surface area contributed by atoms with Gasteiger partial charge in [0.15, 0.2) is 0 Å². The zero-order valence-electron chi connectivity index (χ0n) is 11.3. The fourth-order valence-electron chi connectivity index (χ4n) is 2.71. The van der Waals surface area contributed by atoms with Crippen LogP contribution in [0, 0.1) is 11.7 Å². The molecular formula is C15H23FN2. The molecule has 1 N–H and O–H groups in total. The summed E-state index contributed by atoms with van der Waals surface area (Å²) < 4.78 is 13.2. The summed E-state index contributed by atoms with van der Waals surface area (Å²) in [6.45, 7) is 8.68. The van der Waals surface area contributed by atoms with Crippen molar-refractivity contribution < 1.29 is 4.39 Å². The molecule has 0 bridgehead atoms. The quantitative estimate of drug-likeness (QED) is 0.864. The van der Waals surface area contributed by atoms with Gasteiger partial charge < -0.3 is 5.32 Å². The van der Waals surface area contributed by atoms with Gasteiger partial charge in [-0.25, -0.2) is 4.39 Å². The lowest BCUT2D eigenvalue weighted by atomic mass is 10.1. The lowest BCUT2D eigenvalue weighted by Crippen LogP contribution is -2.28. The molecule has 1 heterocycles. The summed E-state index contributed by atoms with van der Waals surface area (Å²) >= 11 is 0. The first kappa shape index (κ1) is 13.5. The topological polar surface area (TPSA) is 15.3 Å². The van der Waals surface area contributed by atoms with Gasteiger partial charge in [0.1, 0.15) is 5.82 Å². The molecule has 100 valence electrons. The second-order valence-corrected chi connectivity index (χ2v) is 5.19. The van der Waals surface area contributed by atoms with Crippen LogP contribution >= 0.6 is 0 Å². The molecule has 18 heavy (non-hydrogen) atoms. The molecule has 0 saturated carbocycles. The van der Waals surface area contributed by atoms with E-state index in [-0.39, 0.29) is 5.82 Å². The van der Waals surface area contributed by atoms with Crippen LogP contribution in [0.25, 0.3) is 0 Å². The summed E-state index contributed by atoms with van der Waals surface area (Å²) in [5.41, 5.74) is 1.08. The number of nitrogens with zero attached hydrogens (tertiary/aromatic N) is 1. The maximum atomic E-state index is 13.2. The normalized spacial score (nSPS) is 22.3. The van der Waals surface area contributed by atoms with Crippen molar-refractivity contribution in [1.82, 2.24) is 10.2 Å². The Morgan fingerprint density at radius 1 is 1.50 bits per heavy atom. The van der Waals surface area contributed by atoms with Crippen molar-refractivity contribution in [3.05, 3.63) is 35.6 Å². The minimum atomic E-state index is -0.136. The Morgan fingerprint density at radius 2 is 2.33 bits per heavy atom. The van der Waals surface area contributed by atoms with Gasteiger partial charge in [0.25, 0.3) is 0 Å². The predicted octanol–water partition coefficient (Wildman–Crippen LogP) is 2.82. The smallest absolute Gasteiger partial charge is 0.123 e. The number of hydrogen-bond acceptors (Lipinski definition) is 2. The van der Waals surface area contributed by atoms with Gasteiger partial charge in [-0.1, -0.05) is 19.1 Å².